The summed E-state index contributed by atoms with van der Waals surface area (Å²) in [7, 11) is 0. The number of Topliss-reactive ketones (excluding diaryl/α,β-unsaturated/α-hetero) is 1. The van der Waals surface area contributed by atoms with Crippen molar-refractivity contribution in [3.05, 3.63) is 109 Å². The number of hydrogen-bond donors (Lipinski definition) is 0. The number of fused-ring (bicyclic) bond motifs is 1. The molecular weight excluding hydrogens is 485 g/mol. The fourth-order valence-electron chi connectivity index (χ4n) is 3.43. The summed E-state index contributed by atoms with van der Waals surface area (Å²) in [5.74, 6) is -3.18. The molecule has 3 aromatic carbocycles. The van der Waals surface area contributed by atoms with Crippen molar-refractivity contribution in [3.63, 3.8) is 0 Å². The standard InChI is InChI=1S/C23H13Cl2N3O6/c24-18-9-8-14(11-19(18)25)21(30)26(12-20(29)13-4-3-5-15(10-13)28(33)34)27-22(31)16-6-1-2-7-17(16)23(27)32/h1-11H,12H2. The van der Waals surface area contributed by atoms with Crippen LogP contribution >= 0.6 is 23.2 Å². The highest BCUT2D eigenvalue weighted by Crippen LogP contribution is 2.28. The Kier molecular flexibility index (Phi) is 6.14. The molecule has 9 nitrogen and oxygen atoms in total. The van der Waals surface area contributed by atoms with Crippen LogP contribution in [0.5, 0.6) is 0 Å². The average molecular weight is 498 g/mol. The summed E-state index contributed by atoms with van der Waals surface area (Å²) < 4.78 is 0. The van der Waals surface area contributed by atoms with Crippen LogP contribution in [0.4, 0.5) is 5.69 Å². The fourth-order valence-corrected chi connectivity index (χ4v) is 3.73. The van der Waals surface area contributed by atoms with Crippen LogP contribution in [0.25, 0.3) is 0 Å². The summed E-state index contributed by atoms with van der Waals surface area (Å²) in [4.78, 5) is 62.9. The summed E-state index contributed by atoms with van der Waals surface area (Å²) in [5.41, 5.74) is -0.283. The second-order valence-corrected chi connectivity index (χ2v) is 8.00. The molecule has 0 saturated heterocycles. The van der Waals surface area contributed by atoms with Gasteiger partial charge in [-0.05, 0) is 30.3 Å². The molecule has 1 aliphatic rings. The first-order valence-corrected chi connectivity index (χ1v) is 10.5. The van der Waals surface area contributed by atoms with Gasteiger partial charge in [0.05, 0.1) is 26.1 Å². The van der Waals surface area contributed by atoms with Crippen molar-refractivity contribution in [3.8, 4) is 0 Å². The minimum Gasteiger partial charge on any atom is -0.292 e. The van der Waals surface area contributed by atoms with Gasteiger partial charge in [0, 0.05) is 23.3 Å². The van der Waals surface area contributed by atoms with Gasteiger partial charge >= 0.3 is 0 Å². The SMILES string of the molecule is O=C(CN(C(=O)c1ccc(Cl)c(Cl)c1)N1C(=O)c2ccccc2C1=O)c1cccc([N+](=O)[O-])c1. The van der Waals surface area contributed by atoms with Gasteiger partial charge in [-0.2, -0.15) is 5.01 Å². The van der Waals surface area contributed by atoms with Crippen molar-refractivity contribution in [1.29, 1.82) is 0 Å². The quantitative estimate of drug-likeness (QED) is 0.215. The Morgan fingerprint density at radius 2 is 1.50 bits per heavy atom. The molecule has 170 valence electrons. The van der Waals surface area contributed by atoms with Gasteiger partial charge in [-0.25, -0.2) is 5.01 Å². The topological polar surface area (TPSA) is 118 Å². The van der Waals surface area contributed by atoms with Gasteiger partial charge in [-0.1, -0.05) is 47.5 Å². The monoisotopic (exact) mass is 497 g/mol. The summed E-state index contributed by atoms with van der Waals surface area (Å²) >= 11 is 11.9. The number of amides is 3. The molecule has 0 fully saturated rings. The van der Waals surface area contributed by atoms with Crippen LogP contribution in [0.3, 0.4) is 0 Å². The molecule has 1 heterocycles. The van der Waals surface area contributed by atoms with Crippen LogP contribution in [0.1, 0.15) is 41.4 Å². The maximum atomic E-state index is 13.4. The van der Waals surface area contributed by atoms with Crippen molar-refractivity contribution < 1.29 is 24.1 Å². The number of non-ortho nitro benzene ring substituents is 1. The minimum absolute atomic E-state index is 0.0298. The van der Waals surface area contributed by atoms with Crippen LogP contribution in [-0.4, -0.2) is 45.0 Å². The lowest BCUT2D eigenvalue weighted by molar-refractivity contribution is -0.384. The Balaban J connectivity index is 1.75. The third-order valence-corrected chi connectivity index (χ3v) is 5.83. The van der Waals surface area contributed by atoms with E-state index in [1.807, 2.05) is 0 Å². The predicted molar refractivity (Wildman–Crippen MR) is 122 cm³/mol. The third-order valence-electron chi connectivity index (χ3n) is 5.09. The first kappa shape index (κ1) is 23.1. The number of nitro benzene ring substituents is 1. The van der Waals surface area contributed by atoms with Crippen LogP contribution in [0, 0.1) is 10.1 Å². The van der Waals surface area contributed by atoms with Crippen molar-refractivity contribution in [1.82, 2.24) is 10.0 Å². The molecule has 0 atom stereocenters. The molecule has 0 spiro atoms. The molecule has 0 unspecified atom stereocenters. The first-order chi connectivity index (χ1) is 16.2. The second-order valence-electron chi connectivity index (χ2n) is 7.19. The van der Waals surface area contributed by atoms with Gasteiger partial charge in [0.15, 0.2) is 5.78 Å². The number of carbonyl (C=O) groups is 4. The Morgan fingerprint density at radius 1 is 0.853 bits per heavy atom. The lowest BCUT2D eigenvalue weighted by atomic mass is 10.1. The van der Waals surface area contributed by atoms with Gasteiger partial charge < -0.3 is 0 Å². The number of imide groups is 1. The number of nitro groups is 1. The van der Waals surface area contributed by atoms with E-state index in [4.69, 9.17) is 23.2 Å². The number of ketones is 1. The number of hydrazine groups is 1. The molecule has 0 radical (unpaired) electrons. The van der Waals surface area contributed by atoms with Crippen molar-refractivity contribution >= 4 is 52.4 Å². The Morgan fingerprint density at radius 3 is 2.09 bits per heavy atom. The van der Waals surface area contributed by atoms with Crippen LogP contribution in [0.15, 0.2) is 66.7 Å². The maximum absolute atomic E-state index is 13.4. The summed E-state index contributed by atoms with van der Waals surface area (Å²) in [6.07, 6.45) is 0. The zero-order valence-corrected chi connectivity index (χ0v) is 18.6. The molecular formula is C23H13Cl2N3O6. The average Bonchev–Trinajstić information content (AvgIpc) is 3.09. The molecule has 0 aliphatic carbocycles. The zero-order valence-electron chi connectivity index (χ0n) is 17.1. The van der Waals surface area contributed by atoms with E-state index in [9.17, 15) is 29.3 Å². The predicted octanol–water partition coefficient (Wildman–Crippen LogP) is 4.44. The molecule has 11 heteroatoms. The van der Waals surface area contributed by atoms with E-state index in [1.165, 1.54) is 48.5 Å². The first-order valence-electron chi connectivity index (χ1n) is 9.71. The Labute approximate surface area is 202 Å². The van der Waals surface area contributed by atoms with E-state index in [1.54, 1.807) is 12.1 Å². The van der Waals surface area contributed by atoms with E-state index in [0.29, 0.717) is 10.0 Å². The van der Waals surface area contributed by atoms with Crippen molar-refractivity contribution in [2.75, 3.05) is 6.54 Å². The van der Waals surface area contributed by atoms with Gasteiger partial charge in [-0.3, -0.25) is 29.3 Å². The number of carbonyl (C=O) groups excluding carboxylic acids is 4. The summed E-state index contributed by atoms with van der Waals surface area (Å²) in [6, 6.07) is 14.8. The maximum Gasteiger partial charge on any atom is 0.280 e. The highest BCUT2D eigenvalue weighted by Gasteiger charge is 2.42. The highest BCUT2D eigenvalue weighted by atomic mass is 35.5. The smallest absolute Gasteiger partial charge is 0.280 e. The van der Waals surface area contributed by atoms with Crippen LogP contribution < -0.4 is 0 Å². The number of hydrogen-bond acceptors (Lipinski definition) is 6. The van der Waals surface area contributed by atoms with Crippen molar-refractivity contribution in [2.45, 2.75) is 0 Å². The molecule has 0 aromatic heterocycles. The van der Waals surface area contributed by atoms with Gasteiger partial charge in [0.1, 0.15) is 6.54 Å². The number of benzene rings is 3. The van der Waals surface area contributed by atoms with Gasteiger partial charge in [0.2, 0.25) is 0 Å². The van der Waals surface area contributed by atoms with Crippen LogP contribution in [0.2, 0.25) is 10.0 Å². The fraction of sp³-hybridized carbons (Fsp3) is 0.0435. The number of halogens is 2. The minimum atomic E-state index is -0.869. The van der Waals surface area contributed by atoms with E-state index < -0.39 is 35.0 Å². The van der Waals surface area contributed by atoms with Gasteiger partial charge in [-0.15, -0.1) is 0 Å². The molecule has 3 aromatic rings. The van der Waals surface area contributed by atoms with Crippen molar-refractivity contribution in [2.24, 2.45) is 0 Å². The zero-order chi connectivity index (χ0) is 24.6. The summed E-state index contributed by atoms with van der Waals surface area (Å²) in [6.45, 7) is -0.744. The highest BCUT2D eigenvalue weighted by molar-refractivity contribution is 6.42. The van der Waals surface area contributed by atoms with E-state index in [0.717, 1.165) is 6.07 Å². The molecule has 4 rings (SSSR count). The molecule has 34 heavy (non-hydrogen) atoms. The third kappa shape index (κ3) is 4.14. The number of nitrogens with zero attached hydrogens (tertiary/aromatic N) is 3. The number of rotatable bonds is 6. The molecule has 0 saturated carbocycles. The lowest BCUT2D eigenvalue weighted by Gasteiger charge is -2.29. The molecule has 0 bridgehead atoms. The summed E-state index contributed by atoms with van der Waals surface area (Å²) in [5, 5.41) is 12.6. The van der Waals surface area contributed by atoms with Crippen LogP contribution in [-0.2, 0) is 0 Å². The Hall–Kier alpha value is -4.08. The lowest BCUT2D eigenvalue weighted by Crippen LogP contribution is -2.51. The molecule has 3 amide bonds. The van der Waals surface area contributed by atoms with E-state index in [-0.39, 0.29) is 38.0 Å². The normalized spacial score (nSPS) is 12.5. The Bertz CT molecular complexity index is 1360. The van der Waals surface area contributed by atoms with E-state index >= 15 is 0 Å². The second kappa shape index (κ2) is 9.05. The van der Waals surface area contributed by atoms with Gasteiger partial charge in [0.25, 0.3) is 23.4 Å². The largest absolute Gasteiger partial charge is 0.292 e. The van der Waals surface area contributed by atoms with E-state index in [2.05, 4.69) is 0 Å². The molecule has 1 aliphatic heterocycles. The molecule has 0 N–H and O–H groups in total.